The summed E-state index contributed by atoms with van der Waals surface area (Å²) < 4.78 is 4.64. The Balaban J connectivity index is 2.46. The van der Waals surface area contributed by atoms with Gasteiger partial charge in [0.2, 0.25) is 0 Å². The molecule has 108 valence electrons. The van der Waals surface area contributed by atoms with E-state index in [2.05, 4.69) is 10.1 Å². The number of aliphatic carboxylic acids is 1. The van der Waals surface area contributed by atoms with Crippen LogP contribution in [0, 0.1) is 5.92 Å². The van der Waals surface area contributed by atoms with Crippen LogP contribution < -0.4 is 5.32 Å². The number of carbonyl (C=O) groups excluding carboxylic acids is 2. The highest BCUT2D eigenvalue weighted by Crippen LogP contribution is 2.17. The molecule has 1 rings (SSSR count). The number of hydrogen-bond acceptors (Lipinski definition) is 4. The second-order valence-electron chi connectivity index (χ2n) is 4.61. The third kappa shape index (κ3) is 4.42. The van der Waals surface area contributed by atoms with E-state index in [0.29, 0.717) is 25.9 Å². The van der Waals surface area contributed by atoms with Crippen LogP contribution >= 0.6 is 0 Å². The number of rotatable bonds is 5. The maximum absolute atomic E-state index is 11.9. The third-order valence-corrected chi connectivity index (χ3v) is 3.25. The van der Waals surface area contributed by atoms with Crippen LogP contribution in [-0.2, 0) is 14.3 Å². The molecule has 0 spiro atoms. The van der Waals surface area contributed by atoms with Crippen LogP contribution in [0.3, 0.4) is 0 Å². The monoisotopic (exact) mass is 272 g/mol. The summed E-state index contributed by atoms with van der Waals surface area (Å²) in [5, 5.41) is 11.4. The van der Waals surface area contributed by atoms with E-state index in [9.17, 15) is 14.4 Å². The zero-order chi connectivity index (χ0) is 14.4. The number of urea groups is 1. The second kappa shape index (κ2) is 6.96. The van der Waals surface area contributed by atoms with Gasteiger partial charge in [0.25, 0.3) is 0 Å². The van der Waals surface area contributed by atoms with Crippen molar-refractivity contribution in [3.8, 4) is 0 Å². The van der Waals surface area contributed by atoms with Crippen molar-refractivity contribution in [3.63, 3.8) is 0 Å². The zero-order valence-corrected chi connectivity index (χ0v) is 11.2. The maximum Gasteiger partial charge on any atom is 0.317 e. The lowest BCUT2D eigenvalue weighted by Crippen LogP contribution is -2.44. The van der Waals surface area contributed by atoms with Crippen molar-refractivity contribution < 1.29 is 24.2 Å². The molecule has 0 saturated carbocycles. The molecule has 2 amide bonds. The minimum Gasteiger partial charge on any atom is -0.481 e. The van der Waals surface area contributed by atoms with Gasteiger partial charge in [-0.25, -0.2) is 4.79 Å². The Kier molecular flexibility index (Phi) is 5.59. The second-order valence-corrected chi connectivity index (χ2v) is 4.61. The lowest BCUT2D eigenvalue weighted by Gasteiger charge is -2.21. The predicted molar refractivity (Wildman–Crippen MR) is 66.6 cm³/mol. The van der Waals surface area contributed by atoms with E-state index in [1.165, 1.54) is 12.0 Å². The standard InChI is InChI=1S/C12H20N2O5/c1-3-9(6-10(15)16)13-12(18)14-5-4-8(7-14)11(17)19-2/h8-9H,3-7H2,1-2H3,(H,13,18)(H,15,16). The first-order valence-corrected chi connectivity index (χ1v) is 6.33. The van der Waals surface area contributed by atoms with Gasteiger partial charge in [-0.05, 0) is 12.8 Å². The summed E-state index contributed by atoms with van der Waals surface area (Å²) in [5.74, 6) is -1.54. The van der Waals surface area contributed by atoms with Gasteiger partial charge >= 0.3 is 18.0 Å². The summed E-state index contributed by atoms with van der Waals surface area (Å²) in [4.78, 5) is 35.4. The lowest BCUT2D eigenvalue weighted by atomic mass is 10.1. The number of likely N-dealkylation sites (tertiary alicyclic amines) is 1. The zero-order valence-electron chi connectivity index (χ0n) is 11.2. The number of carbonyl (C=O) groups is 3. The van der Waals surface area contributed by atoms with Crippen molar-refractivity contribution in [2.24, 2.45) is 5.92 Å². The molecule has 0 radical (unpaired) electrons. The quantitative estimate of drug-likeness (QED) is 0.708. The molecule has 2 N–H and O–H groups in total. The van der Waals surface area contributed by atoms with Gasteiger partial charge in [0.05, 0.1) is 19.4 Å². The number of hydrogen-bond donors (Lipinski definition) is 2. The van der Waals surface area contributed by atoms with Gasteiger partial charge in [-0.2, -0.15) is 0 Å². The number of carboxylic acid groups (broad SMARTS) is 1. The van der Waals surface area contributed by atoms with Crippen molar-refractivity contribution in [2.75, 3.05) is 20.2 Å². The Morgan fingerprint density at radius 1 is 1.47 bits per heavy atom. The van der Waals surface area contributed by atoms with Crippen LogP contribution in [0.15, 0.2) is 0 Å². The van der Waals surface area contributed by atoms with Crippen LogP contribution in [0.4, 0.5) is 4.79 Å². The number of carboxylic acids is 1. The van der Waals surface area contributed by atoms with E-state index < -0.39 is 5.97 Å². The average Bonchev–Trinajstić information content (AvgIpc) is 2.86. The minimum atomic E-state index is -0.944. The summed E-state index contributed by atoms with van der Waals surface area (Å²) >= 11 is 0. The molecule has 1 fully saturated rings. The first-order valence-electron chi connectivity index (χ1n) is 6.33. The first-order chi connectivity index (χ1) is 8.97. The smallest absolute Gasteiger partial charge is 0.317 e. The summed E-state index contributed by atoms with van der Waals surface area (Å²) in [6.07, 6.45) is 1.03. The van der Waals surface area contributed by atoms with Crippen molar-refractivity contribution in [1.82, 2.24) is 10.2 Å². The van der Waals surface area contributed by atoms with Crippen LogP contribution in [0.1, 0.15) is 26.2 Å². The molecule has 1 saturated heterocycles. The van der Waals surface area contributed by atoms with Gasteiger partial charge < -0.3 is 20.1 Å². The summed E-state index contributed by atoms with van der Waals surface area (Å²) in [6.45, 7) is 2.62. The molecule has 0 aromatic heterocycles. The summed E-state index contributed by atoms with van der Waals surface area (Å²) in [7, 11) is 1.32. The molecule has 1 aliphatic heterocycles. The van der Waals surface area contributed by atoms with Gasteiger partial charge in [0.1, 0.15) is 0 Å². The van der Waals surface area contributed by atoms with Crippen LogP contribution in [0.25, 0.3) is 0 Å². The van der Waals surface area contributed by atoms with Gasteiger partial charge in [0.15, 0.2) is 0 Å². The van der Waals surface area contributed by atoms with Gasteiger partial charge in [-0.1, -0.05) is 6.92 Å². The van der Waals surface area contributed by atoms with Gasteiger partial charge in [-0.15, -0.1) is 0 Å². The Bertz CT molecular complexity index is 358. The SMILES string of the molecule is CCC(CC(=O)O)NC(=O)N1CCC(C(=O)OC)C1. The highest BCUT2D eigenvalue weighted by atomic mass is 16.5. The van der Waals surface area contributed by atoms with Crippen LogP contribution in [-0.4, -0.2) is 54.2 Å². The van der Waals surface area contributed by atoms with Crippen molar-refractivity contribution in [1.29, 1.82) is 0 Å². The molecular weight excluding hydrogens is 252 g/mol. The van der Waals surface area contributed by atoms with E-state index in [-0.39, 0.29) is 30.4 Å². The Hall–Kier alpha value is -1.79. The maximum atomic E-state index is 11.9. The molecular formula is C12H20N2O5. The van der Waals surface area contributed by atoms with Gasteiger partial charge in [-0.3, -0.25) is 9.59 Å². The van der Waals surface area contributed by atoms with E-state index in [1.54, 1.807) is 0 Å². The van der Waals surface area contributed by atoms with E-state index in [1.807, 2.05) is 6.92 Å². The lowest BCUT2D eigenvalue weighted by molar-refractivity contribution is -0.144. The van der Waals surface area contributed by atoms with Crippen molar-refractivity contribution in [2.45, 2.75) is 32.2 Å². The minimum absolute atomic E-state index is 0.101. The number of amides is 2. The number of ether oxygens (including phenoxy) is 1. The molecule has 1 aliphatic rings. The Morgan fingerprint density at radius 2 is 2.16 bits per heavy atom. The molecule has 0 aromatic rings. The fourth-order valence-corrected chi connectivity index (χ4v) is 2.08. The highest BCUT2D eigenvalue weighted by Gasteiger charge is 2.32. The molecule has 7 heteroatoms. The summed E-state index contributed by atoms with van der Waals surface area (Å²) in [6, 6.07) is -0.707. The average molecular weight is 272 g/mol. The molecule has 0 bridgehead atoms. The number of nitrogens with one attached hydrogen (secondary N) is 1. The van der Waals surface area contributed by atoms with E-state index in [4.69, 9.17) is 5.11 Å². The van der Waals surface area contributed by atoms with E-state index >= 15 is 0 Å². The molecule has 2 atom stereocenters. The molecule has 0 aliphatic carbocycles. The molecule has 7 nitrogen and oxygen atoms in total. The van der Waals surface area contributed by atoms with E-state index in [0.717, 1.165) is 0 Å². The fraction of sp³-hybridized carbons (Fsp3) is 0.750. The van der Waals surface area contributed by atoms with Crippen LogP contribution in [0.2, 0.25) is 0 Å². The molecule has 2 unspecified atom stereocenters. The molecule has 0 aromatic carbocycles. The Morgan fingerprint density at radius 3 is 2.68 bits per heavy atom. The third-order valence-electron chi connectivity index (χ3n) is 3.25. The first kappa shape index (κ1) is 15.3. The van der Waals surface area contributed by atoms with Gasteiger partial charge in [0, 0.05) is 19.1 Å². The molecule has 1 heterocycles. The largest absolute Gasteiger partial charge is 0.481 e. The Labute approximate surface area is 111 Å². The normalized spacial score (nSPS) is 19.9. The number of methoxy groups -OCH3 is 1. The highest BCUT2D eigenvalue weighted by molar-refractivity contribution is 5.79. The van der Waals surface area contributed by atoms with Crippen molar-refractivity contribution in [3.05, 3.63) is 0 Å². The topological polar surface area (TPSA) is 95.9 Å². The number of esters is 1. The number of nitrogens with zero attached hydrogens (tertiary/aromatic N) is 1. The summed E-state index contributed by atoms with van der Waals surface area (Å²) in [5.41, 5.74) is 0. The fourth-order valence-electron chi connectivity index (χ4n) is 2.08. The van der Waals surface area contributed by atoms with Crippen LogP contribution in [0.5, 0.6) is 0 Å². The predicted octanol–water partition coefficient (Wildman–Crippen LogP) is 0.444. The van der Waals surface area contributed by atoms with Crippen molar-refractivity contribution >= 4 is 18.0 Å². The molecule has 19 heavy (non-hydrogen) atoms.